The number of halogens is 2. The lowest BCUT2D eigenvalue weighted by molar-refractivity contribution is 0.104. The van der Waals surface area contributed by atoms with Gasteiger partial charge in [0.15, 0.2) is 5.78 Å². The van der Waals surface area contributed by atoms with E-state index in [9.17, 15) is 4.79 Å². The van der Waals surface area contributed by atoms with Crippen LogP contribution in [0.5, 0.6) is 0 Å². The molecule has 3 aromatic rings. The number of nitrogens with two attached hydrogens (primary N) is 1. The Balaban J connectivity index is 2.17. The summed E-state index contributed by atoms with van der Waals surface area (Å²) in [5, 5.41) is 1.81. The molecule has 0 saturated heterocycles. The third-order valence-corrected chi connectivity index (χ3v) is 3.62. The number of carbonyl (C=O) groups is 1. The first-order valence-electron chi connectivity index (χ1n) is 5.92. The van der Waals surface area contributed by atoms with Crippen LogP contribution in [0.15, 0.2) is 42.6 Å². The molecule has 0 saturated carbocycles. The summed E-state index contributed by atoms with van der Waals surface area (Å²) in [7, 11) is 0. The topological polar surface area (TPSA) is 58.9 Å². The third kappa shape index (κ3) is 2.15. The number of aromatic nitrogens is 1. The van der Waals surface area contributed by atoms with Crippen molar-refractivity contribution < 1.29 is 4.79 Å². The van der Waals surface area contributed by atoms with E-state index in [1.54, 1.807) is 36.5 Å². The molecular formula is C15H10Cl2N2O. The minimum absolute atomic E-state index is 0.182. The van der Waals surface area contributed by atoms with Gasteiger partial charge in [-0.25, -0.2) is 0 Å². The summed E-state index contributed by atoms with van der Waals surface area (Å²) in [6.07, 6.45) is 1.66. The summed E-state index contributed by atoms with van der Waals surface area (Å²) in [5.74, 6) is -0.182. The maximum Gasteiger partial charge on any atom is 0.197 e. The minimum atomic E-state index is -0.182. The maximum absolute atomic E-state index is 12.6. The van der Waals surface area contributed by atoms with Crippen molar-refractivity contribution in [1.29, 1.82) is 0 Å². The lowest BCUT2D eigenvalue weighted by Gasteiger charge is -2.04. The van der Waals surface area contributed by atoms with Crippen molar-refractivity contribution in [3.05, 3.63) is 63.8 Å². The molecule has 0 atom stereocenters. The lowest BCUT2D eigenvalue weighted by Crippen LogP contribution is -2.04. The average molecular weight is 305 g/mol. The summed E-state index contributed by atoms with van der Waals surface area (Å²) in [6, 6.07) is 10.2. The molecule has 0 aliphatic rings. The zero-order valence-corrected chi connectivity index (χ0v) is 11.8. The van der Waals surface area contributed by atoms with Crippen molar-refractivity contribution in [2.24, 2.45) is 0 Å². The normalized spacial score (nSPS) is 10.9. The van der Waals surface area contributed by atoms with Crippen molar-refractivity contribution in [3.63, 3.8) is 0 Å². The zero-order valence-electron chi connectivity index (χ0n) is 10.3. The lowest BCUT2D eigenvalue weighted by atomic mass is 10.0. The summed E-state index contributed by atoms with van der Waals surface area (Å²) in [5.41, 5.74) is 8.01. The fourth-order valence-corrected chi connectivity index (χ4v) is 2.50. The Morgan fingerprint density at radius 1 is 1.00 bits per heavy atom. The number of carbonyl (C=O) groups excluding carboxylic acids is 1. The minimum Gasteiger partial charge on any atom is -0.398 e. The second-order valence-electron chi connectivity index (χ2n) is 4.45. The van der Waals surface area contributed by atoms with Gasteiger partial charge in [-0.2, -0.15) is 0 Å². The second-order valence-corrected chi connectivity index (χ2v) is 5.33. The molecule has 1 aromatic heterocycles. The van der Waals surface area contributed by atoms with E-state index in [1.807, 2.05) is 6.07 Å². The molecule has 100 valence electrons. The second kappa shape index (κ2) is 4.85. The van der Waals surface area contributed by atoms with Crippen LogP contribution in [0.4, 0.5) is 5.69 Å². The number of aromatic amines is 1. The van der Waals surface area contributed by atoms with Gasteiger partial charge in [-0.15, -0.1) is 0 Å². The van der Waals surface area contributed by atoms with Crippen LogP contribution in [0.3, 0.4) is 0 Å². The van der Waals surface area contributed by atoms with E-state index >= 15 is 0 Å². The van der Waals surface area contributed by atoms with E-state index in [0.29, 0.717) is 26.9 Å². The van der Waals surface area contributed by atoms with E-state index in [0.717, 1.165) is 10.9 Å². The molecule has 0 bridgehead atoms. The molecular weight excluding hydrogens is 295 g/mol. The molecule has 0 radical (unpaired) electrons. The van der Waals surface area contributed by atoms with E-state index < -0.39 is 0 Å². The van der Waals surface area contributed by atoms with E-state index in [1.165, 1.54) is 0 Å². The van der Waals surface area contributed by atoms with Gasteiger partial charge in [-0.3, -0.25) is 4.79 Å². The van der Waals surface area contributed by atoms with E-state index in [4.69, 9.17) is 28.9 Å². The van der Waals surface area contributed by atoms with Crippen LogP contribution in [0.2, 0.25) is 10.0 Å². The highest BCUT2D eigenvalue weighted by molar-refractivity contribution is 6.32. The van der Waals surface area contributed by atoms with Gasteiger partial charge in [-0.1, -0.05) is 23.2 Å². The Morgan fingerprint density at radius 2 is 1.70 bits per heavy atom. The first kappa shape index (κ1) is 13.0. The predicted octanol–water partition coefficient (Wildman–Crippen LogP) is 4.29. The Morgan fingerprint density at radius 3 is 2.50 bits per heavy atom. The largest absolute Gasteiger partial charge is 0.398 e. The summed E-state index contributed by atoms with van der Waals surface area (Å²) < 4.78 is 0. The Bertz CT molecular complexity index is 824. The SMILES string of the molecule is Nc1ccc(Cl)cc1C(=O)c1c[nH]c2ccc(Cl)cc12. The van der Waals surface area contributed by atoms with Gasteiger partial charge in [0.25, 0.3) is 0 Å². The van der Waals surface area contributed by atoms with Gasteiger partial charge < -0.3 is 10.7 Å². The maximum atomic E-state index is 12.6. The van der Waals surface area contributed by atoms with Gasteiger partial charge in [0.1, 0.15) is 0 Å². The number of nitrogens with one attached hydrogen (secondary N) is 1. The smallest absolute Gasteiger partial charge is 0.197 e. The molecule has 3 N–H and O–H groups in total. The highest BCUT2D eigenvalue weighted by atomic mass is 35.5. The number of fused-ring (bicyclic) bond motifs is 1. The number of ketones is 1. The number of hydrogen-bond donors (Lipinski definition) is 2. The van der Waals surface area contributed by atoms with Gasteiger partial charge in [0.05, 0.1) is 0 Å². The molecule has 3 nitrogen and oxygen atoms in total. The van der Waals surface area contributed by atoms with Crippen molar-refractivity contribution in [1.82, 2.24) is 4.98 Å². The quantitative estimate of drug-likeness (QED) is 0.548. The Kier molecular flexibility index (Phi) is 3.16. The molecule has 5 heteroatoms. The summed E-state index contributed by atoms with van der Waals surface area (Å²) >= 11 is 11.9. The van der Waals surface area contributed by atoms with E-state index in [-0.39, 0.29) is 5.78 Å². The number of hydrogen-bond acceptors (Lipinski definition) is 2. The van der Waals surface area contributed by atoms with Crippen LogP contribution >= 0.6 is 23.2 Å². The van der Waals surface area contributed by atoms with Crippen LogP contribution in [-0.4, -0.2) is 10.8 Å². The van der Waals surface area contributed by atoms with Crippen LogP contribution in [0.1, 0.15) is 15.9 Å². The molecule has 0 unspecified atom stereocenters. The molecule has 0 fully saturated rings. The van der Waals surface area contributed by atoms with Gasteiger partial charge >= 0.3 is 0 Å². The first-order chi connectivity index (χ1) is 9.56. The first-order valence-corrected chi connectivity index (χ1v) is 6.68. The molecule has 2 aromatic carbocycles. The van der Waals surface area contributed by atoms with Crippen LogP contribution in [0, 0.1) is 0 Å². The highest BCUT2D eigenvalue weighted by Crippen LogP contribution is 2.27. The standard InChI is InChI=1S/C15H10Cl2N2O/c16-8-1-3-13(18)11(6-8)15(20)12-7-19-14-4-2-9(17)5-10(12)14/h1-7,19H,18H2. The van der Waals surface area contributed by atoms with Crippen molar-refractivity contribution >= 4 is 45.6 Å². The molecule has 0 amide bonds. The molecule has 0 aliphatic heterocycles. The summed E-state index contributed by atoms with van der Waals surface area (Å²) in [4.78, 5) is 15.7. The van der Waals surface area contributed by atoms with Gasteiger partial charge in [-0.05, 0) is 36.4 Å². The van der Waals surface area contributed by atoms with Crippen molar-refractivity contribution in [2.75, 3.05) is 5.73 Å². The highest BCUT2D eigenvalue weighted by Gasteiger charge is 2.17. The zero-order chi connectivity index (χ0) is 14.3. The number of anilines is 1. The molecule has 0 spiro atoms. The number of nitrogen functional groups attached to an aromatic ring is 1. The molecule has 0 aliphatic carbocycles. The predicted molar refractivity (Wildman–Crippen MR) is 82.6 cm³/mol. The molecule has 1 heterocycles. The van der Waals surface area contributed by atoms with Crippen molar-refractivity contribution in [3.8, 4) is 0 Å². The van der Waals surface area contributed by atoms with Gasteiger partial charge in [0, 0.05) is 44.0 Å². The van der Waals surface area contributed by atoms with E-state index in [2.05, 4.69) is 4.98 Å². The van der Waals surface area contributed by atoms with Crippen molar-refractivity contribution in [2.45, 2.75) is 0 Å². The summed E-state index contributed by atoms with van der Waals surface area (Å²) in [6.45, 7) is 0. The fourth-order valence-electron chi connectivity index (χ4n) is 2.15. The van der Waals surface area contributed by atoms with Crippen LogP contribution in [0.25, 0.3) is 10.9 Å². The number of H-pyrrole nitrogens is 1. The fraction of sp³-hybridized carbons (Fsp3) is 0. The molecule has 3 rings (SSSR count). The Hall–Kier alpha value is -1.97. The van der Waals surface area contributed by atoms with Crippen LogP contribution < -0.4 is 5.73 Å². The third-order valence-electron chi connectivity index (χ3n) is 3.15. The van der Waals surface area contributed by atoms with Gasteiger partial charge in [0.2, 0.25) is 0 Å². The monoisotopic (exact) mass is 304 g/mol. The number of rotatable bonds is 2. The number of benzene rings is 2. The van der Waals surface area contributed by atoms with Crippen LogP contribution in [-0.2, 0) is 0 Å². The Labute approximate surface area is 125 Å². The molecule has 20 heavy (non-hydrogen) atoms. The average Bonchev–Trinajstić information content (AvgIpc) is 2.83.